The average Bonchev–Trinajstić information content (AvgIpc) is 3.33. The molecule has 0 amide bonds. The smallest absolute Gasteiger partial charge is 0.173 e. The number of aromatic nitrogens is 7. The maximum atomic E-state index is 4.70. The van der Waals surface area contributed by atoms with Crippen LogP contribution in [0.1, 0.15) is 25.5 Å². The van der Waals surface area contributed by atoms with Crippen molar-refractivity contribution in [3.05, 3.63) is 54.1 Å². The third kappa shape index (κ3) is 2.61. The molecule has 1 aromatic carbocycles. The van der Waals surface area contributed by atoms with E-state index in [1.54, 1.807) is 28.5 Å². The van der Waals surface area contributed by atoms with Crippen LogP contribution in [0.5, 0.6) is 0 Å². The molecule has 0 fully saturated rings. The highest BCUT2D eigenvalue weighted by Gasteiger charge is 2.13. The first kappa shape index (κ1) is 14.7. The van der Waals surface area contributed by atoms with E-state index in [0.29, 0.717) is 5.92 Å². The lowest BCUT2D eigenvalue weighted by molar-refractivity contribution is 0.789. The monoisotopic (exact) mass is 337 g/mol. The minimum Gasteiger partial charge on any atom is -0.298 e. The first-order valence-corrected chi connectivity index (χ1v) is 8.43. The van der Waals surface area contributed by atoms with Crippen LogP contribution in [0.3, 0.4) is 0 Å². The summed E-state index contributed by atoms with van der Waals surface area (Å²) in [6.45, 7) is 4.28. The van der Waals surface area contributed by atoms with Gasteiger partial charge in [-0.2, -0.15) is 0 Å². The Kier molecular flexibility index (Phi) is 3.66. The molecule has 0 unspecified atom stereocenters. The Hall–Kier alpha value is -2.87. The maximum absolute atomic E-state index is 4.70. The van der Waals surface area contributed by atoms with Crippen LogP contribution < -0.4 is 0 Å². The number of benzene rings is 1. The Morgan fingerprint density at radius 3 is 2.54 bits per heavy atom. The van der Waals surface area contributed by atoms with Crippen molar-refractivity contribution >= 4 is 11.3 Å². The molecule has 0 saturated carbocycles. The van der Waals surface area contributed by atoms with Crippen molar-refractivity contribution < 1.29 is 0 Å². The van der Waals surface area contributed by atoms with Gasteiger partial charge in [-0.25, -0.2) is 14.6 Å². The van der Waals surface area contributed by atoms with Crippen LogP contribution in [0.4, 0.5) is 0 Å². The van der Waals surface area contributed by atoms with Crippen LogP contribution in [0.25, 0.3) is 22.2 Å². The van der Waals surface area contributed by atoms with Crippen molar-refractivity contribution in [2.24, 2.45) is 0 Å². The van der Waals surface area contributed by atoms with Crippen molar-refractivity contribution in [2.75, 3.05) is 0 Å². The van der Waals surface area contributed by atoms with Crippen molar-refractivity contribution in [3.8, 4) is 22.2 Å². The second-order valence-electron chi connectivity index (χ2n) is 5.62. The molecule has 0 aliphatic heterocycles. The van der Waals surface area contributed by atoms with Crippen LogP contribution in [0.15, 0.2) is 48.4 Å². The molecule has 4 rings (SSSR count). The molecule has 3 aromatic heterocycles. The fourth-order valence-electron chi connectivity index (χ4n) is 2.37. The van der Waals surface area contributed by atoms with E-state index in [-0.39, 0.29) is 0 Å². The van der Waals surface area contributed by atoms with Gasteiger partial charge in [-0.1, -0.05) is 13.8 Å². The fraction of sp³-hybridized carbons (Fsp3) is 0.188. The third-order valence-electron chi connectivity index (χ3n) is 3.69. The van der Waals surface area contributed by atoms with Crippen LogP contribution >= 0.6 is 11.3 Å². The lowest BCUT2D eigenvalue weighted by atomic mass is 10.2. The fourth-order valence-corrected chi connectivity index (χ4v) is 3.34. The molecule has 4 aromatic rings. The molecule has 0 aliphatic carbocycles. The minimum absolute atomic E-state index is 0.411. The average molecular weight is 337 g/mol. The van der Waals surface area contributed by atoms with Gasteiger partial charge in [0.15, 0.2) is 10.8 Å². The summed E-state index contributed by atoms with van der Waals surface area (Å²) < 4.78 is 3.65. The van der Waals surface area contributed by atoms with Gasteiger partial charge in [-0.05, 0) is 40.6 Å². The summed E-state index contributed by atoms with van der Waals surface area (Å²) >= 11 is 1.62. The van der Waals surface area contributed by atoms with E-state index in [1.165, 1.54) is 0 Å². The Morgan fingerprint density at radius 1 is 1.08 bits per heavy atom. The summed E-state index contributed by atoms with van der Waals surface area (Å²) in [6.07, 6.45) is 5.31. The standard InChI is InChI=1S/C16H15N7S/c1-11(2)14-9-24-16(19-14)15-17-7-8-22(15)12-3-5-13(6-4-12)23-10-18-20-21-23/h3-11H,1-2H3. The Bertz CT molecular complexity index is 935. The van der Waals surface area contributed by atoms with Crippen molar-refractivity contribution in [1.29, 1.82) is 0 Å². The summed E-state index contributed by atoms with van der Waals surface area (Å²) in [6, 6.07) is 7.96. The van der Waals surface area contributed by atoms with Crippen LogP contribution in [0, 0.1) is 0 Å². The lowest BCUT2D eigenvalue weighted by Crippen LogP contribution is -1.99. The summed E-state index contributed by atoms with van der Waals surface area (Å²) in [4.78, 5) is 9.18. The molecule has 0 saturated heterocycles. The van der Waals surface area contributed by atoms with E-state index in [4.69, 9.17) is 4.98 Å². The van der Waals surface area contributed by atoms with Gasteiger partial charge >= 0.3 is 0 Å². The predicted molar refractivity (Wildman–Crippen MR) is 91.5 cm³/mol. The Morgan fingerprint density at radius 2 is 1.88 bits per heavy atom. The summed E-state index contributed by atoms with van der Waals surface area (Å²) in [5.74, 6) is 1.26. The second-order valence-corrected chi connectivity index (χ2v) is 6.48. The molecular formula is C16H15N7S. The van der Waals surface area contributed by atoms with Crippen LogP contribution in [-0.2, 0) is 0 Å². The molecule has 0 spiro atoms. The van der Waals surface area contributed by atoms with Gasteiger partial charge in [-0.3, -0.25) is 4.57 Å². The van der Waals surface area contributed by atoms with Crippen molar-refractivity contribution in [1.82, 2.24) is 34.7 Å². The second kappa shape index (κ2) is 5.97. The normalized spacial score (nSPS) is 11.3. The summed E-state index contributed by atoms with van der Waals surface area (Å²) in [7, 11) is 0. The topological polar surface area (TPSA) is 74.3 Å². The van der Waals surface area contributed by atoms with Gasteiger partial charge in [0.2, 0.25) is 0 Å². The molecule has 120 valence electrons. The number of imidazole rings is 1. The number of hydrogen-bond acceptors (Lipinski definition) is 6. The van der Waals surface area contributed by atoms with Crippen LogP contribution in [-0.4, -0.2) is 34.7 Å². The Balaban J connectivity index is 1.69. The van der Waals surface area contributed by atoms with E-state index >= 15 is 0 Å². The van der Waals surface area contributed by atoms with Gasteiger partial charge < -0.3 is 0 Å². The summed E-state index contributed by atoms with van der Waals surface area (Å²) in [5.41, 5.74) is 3.01. The quantitative estimate of drug-likeness (QED) is 0.572. The van der Waals surface area contributed by atoms with Crippen molar-refractivity contribution in [2.45, 2.75) is 19.8 Å². The largest absolute Gasteiger partial charge is 0.298 e. The molecule has 24 heavy (non-hydrogen) atoms. The molecule has 8 heteroatoms. The first-order valence-electron chi connectivity index (χ1n) is 7.55. The Labute approximate surface area is 142 Å². The van der Waals surface area contributed by atoms with Crippen LogP contribution in [0.2, 0.25) is 0 Å². The number of hydrogen-bond donors (Lipinski definition) is 0. The third-order valence-corrected chi connectivity index (χ3v) is 4.54. The molecule has 0 aliphatic rings. The number of tetrazole rings is 1. The van der Waals surface area contributed by atoms with Gasteiger partial charge in [0.25, 0.3) is 0 Å². The highest BCUT2D eigenvalue weighted by molar-refractivity contribution is 7.13. The highest BCUT2D eigenvalue weighted by atomic mass is 32.1. The van der Waals surface area contributed by atoms with E-state index in [9.17, 15) is 0 Å². The molecule has 0 bridgehead atoms. The zero-order valence-corrected chi connectivity index (χ0v) is 14.1. The van der Waals surface area contributed by atoms with E-state index in [1.807, 2.05) is 35.0 Å². The minimum atomic E-state index is 0.411. The van der Waals surface area contributed by atoms with Gasteiger partial charge in [0.1, 0.15) is 6.33 Å². The highest BCUT2D eigenvalue weighted by Crippen LogP contribution is 2.27. The zero-order chi connectivity index (χ0) is 16.5. The molecular weight excluding hydrogens is 322 g/mol. The number of nitrogens with zero attached hydrogens (tertiary/aromatic N) is 7. The van der Waals surface area contributed by atoms with E-state index < -0.39 is 0 Å². The summed E-state index contributed by atoms with van der Waals surface area (Å²) in [5, 5.41) is 14.2. The molecule has 3 heterocycles. The molecule has 0 atom stereocenters. The number of thiazole rings is 1. The molecule has 0 radical (unpaired) electrons. The van der Waals surface area contributed by atoms with Gasteiger partial charge in [0, 0.05) is 23.5 Å². The van der Waals surface area contributed by atoms with Gasteiger partial charge in [0.05, 0.1) is 11.4 Å². The first-order chi connectivity index (χ1) is 11.7. The SMILES string of the molecule is CC(C)c1csc(-c2nccn2-c2ccc(-n3cnnn3)cc2)n1. The van der Waals surface area contributed by atoms with Crippen molar-refractivity contribution in [3.63, 3.8) is 0 Å². The van der Waals surface area contributed by atoms with Gasteiger partial charge in [-0.15, -0.1) is 16.4 Å². The molecule has 7 nitrogen and oxygen atoms in total. The zero-order valence-electron chi connectivity index (χ0n) is 13.2. The predicted octanol–water partition coefficient (Wildman–Crippen LogP) is 3.09. The maximum Gasteiger partial charge on any atom is 0.173 e. The number of rotatable bonds is 4. The lowest BCUT2D eigenvalue weighted by Gasteiger charge is -2.07. The van der Waals surface area contributed by atoms with E-state index in [0.717, 1.165) is 27.9 Å². The van der Waals surface area contributed by atoms with E-state index in [2.05, 4.69) is 39.7 Å². The molecule has 0 N–H and O–H groups in total.